The van der Waals surface area contributed by atoms with Gasteiger partial charge in [0.2, 0.25) is 0 Å². The zero-order valence-electron chi connectivity index (χ0n) is 23.1. The largest absolute Gasteiger partial charge is 0.478 e. The van der Waals surface area contributed by atoms with Gasteiger partial charge in [0.1, 0.15) is 22.8 Å². The van der Waals surface area contributed by atoms with Crippen molar-refractivity contribution in [1.82, 2.24) is 19.7 Å². The van der Waals surface area contributed by atoms with Crippen LogP contribution >= 0.6 is 0 Å². The van der Waals surface area contributed by atoms with Crippen LogP contribution in [0.15, 0.2) is 109 Å². The minimum absolute atomic E-state index is 0.0771. The lowest BCUT2D eigenvalue weighted by molar-refractivity contribution is 0.0697. The van der Waals surface area contributed by atoms with Crippen molar-refractivity contribution >= 4 is 17.0 Å². The first-order valence-electron chi connectivity index (χ1n) is 13.6. The van der Waals surface area contributed by atoms with Crippen LogP contribution in [-0.2, 0) is 6.54 Å². The molecule has 4 aromatic carbocycles. The molecule has 0 bridgehead atoms. The summed E-state index contributed by atoms with van der Waals surface area (Å²) in [5, 5.41) is 18.4. The summed E-state index contributed by atoms with van der Waals surface area (Å²) < 4.78 is 14.5. The van der Waals surface area contributed by atoms with Gasteiger partial charge in [0.15, 0.2) is 5.52 Å². The lowest BCUT2D eigenvalue weighted by Crippen LogP contribution is -2.08. The van der Waals surface area contributed by atoms with Gasteiger partial charge in [0.05, 0.1) is 5.56 Å². The van der Waals surface area contributed by atoms with Gasteiger partial charge < -0.3 is 19.1 Å². The van der Waals surface area contributed by atoms with Crippen LogP contribution in [0.1, 0.15) is 41.5 Å². The van der Waals surface area contributed by atoms with E-state index < -0.39 is 5.97 Å². The quantitative estimate of drug-likeness (QED) is 0.193. The average molecular weight is 557 g/mol. The predicted molar refractivity (Wildman–Crippen MR) is 160 cm³/mol. The van der Waals surface area contributed by atoms with Crippen molar-refractivity contribution in [2.45, 2.75) is 26.3 Å². The van der Waals surface area contributed by atoms with Gasteiger partial charge in [-0.05, 0) is 47.0 Å². The van der Waals surface area contributed by atoms with Crippen molar-refractivity contribution in [3.05, 3.63) is 126 Å². The maximum Gasteiger partial charge on any atom is 0.336 e. The summed E-state index contributed by atoms with van der Waals surface area (Å²) in [6.07, 6.45) is 0. The minimum Gasteiger partial charge on any atom is -0.478 e. The molecule has 0 unspecified atom stereocenters. The first-order valence-corrected chi connectivity index (χ1v) is 13.6. The molecule has 0 saturated heterocycles. The van der Waals surface area contributed by atoms with E-state index in [9.17, 15) is 9.90 Å². The molecule has 8 heteroatoms. The fraction of sp³-hybridized carbons (Fsp3) is 0.118. The van der Waals surface area contributed by atoms with Gasteiger partial charge in [0, 0.05) is 12.5 Å². The van der Waals surface area contributed by atoms with Crippen molar-refractivity contribution in [2.75, 3.05) is 0 Å². The number of hydrogen-bond donors (Lipinski definition) is 1. The standard InChI is InChI=1S/C34H28N4O4/c1-22(2)31-35-29-30(38(31)21-23-17-19-24(20-18-23)27-15-9-10-16-28(27)34(39)40)33(42-26-13-7-4-8-14-26)37-36-32(29)41-25-11-5-3-6-12-25/h3-20,22H,21H2,1-2H3,(H,39,40). The number of para-hydroxylation sites is 2. The van der Waals surface area contributed by atoms with Gasteiger partial charge >= 0.3 is 5.97 Å². The average Bonchev–Trinajstić information content (AvgIpc) is 3.40. The highest BCUT2D eigenvalue weighted by Crippen LogP contribution is 2.36. The maximum absolute atomic E-state index is 11.8. The van der Waals surface area contributed by atoms with Crippen LogP contribution < -0.4 is 9.47 Å². The zero-order chi connectivity index (χ0) is 29.1. The number of rotatable bonds is 9. The van der Waals surface area contributed by atoms with Crippen LogP contribution in [0, 0.1) is 0 Å². The Bertz CT molecular complexity index is 1850. The highest BCUT2D eigenvalue weighted by Gasteiger charge is 2.24. The normalized spacial score (nSPS) is 11.1. The van der Waals surface area contributed by atoms with Gasteiger partial charge in [-0.2, -0.15) is 0 Å². The van der Waals surface area contributed by atoms with E-state index in [-0.39, 0.29) is 17.4 Å². The molecule has 0 aliphatic heterocycles. The summed E-state index contributed by atoms with van der Waals surface area (Å²) in [7, 11) is 0. The van der Waals surface area contributed by atoms with E-state index in [0.717, 1.165) is 17.0 Å². The van der Waals surface area contributed by atoms with Crippen LogP contribution in [-0.4, -0.2) is 30.8 Å². The smallest absolute Gasteiger partial charge is 0.336 e. The SMILES string of the molecule is CC(C)c1nc2c(Oc3ccccc3)nnc(Oc3ccccc3)c2n1Cc1ccc(-c2ccccc2C(=O)O)cc1. The minimum atomic E-state index is -0.957. The van der Waals surface area contributed by atoms with Crippen LogP contribution in [0.3, 0.4) is 0 Å². The van der Waals surface area contributed by atoms with Crippen LogP contribution in [0.5, 0.6) is 23.3 Å². The second-order valence-corrected chi connectivity index (χ2v) is 10.1. The molecule has 2 heterocycles. The number of carboxylic acids is 1. The Labute approximate surface area is 242 Å². The molecule has 8 nitrogen and oxygen atoms in total. The first-order chi connectivity index (χ1) is 20.5. The predicted octanol–water partition coefficient (Wildman–Crippen LogP) is 7.95. The topological polar surface area (TPSA) is 99.4 Å². The molecule has 0 saturated carbocycles. The fourth-order valence-corrected chi connectivity index (χ4v) is 4.85. The van der Waals surface area contributed by atoms with E-state index in [1.807, 2.05) is 97.1 Å². The Morgan fingerprint density at radius 2 is 1.33 bits per heavy atom. The van der Waals surface area contributed by atoms with Crippen LogP contribution in [0.4, 0.5) is 0 Å². The van der Waals surface area contributed by atoms with Crippen molar-refractivity contribution in [3.63, 3.8) is 0 Å². The summed E-state index contributed by atoms with van der Waals surface area (Å²) in [4.78, 5) is 16.8. The molecule has 0 amide bonds. The molecule has 0 aliphatic rings. The van der Waals surface area contributed by atoms with E-state index >= 15 is 0 Å². The number of carbonyl (C=O) groups is 1. The summed E-state index contributed by atoms with van der Waals surface area (Å²) in [6.45, 7) is 4.65. The molecule has 0 radical (unpaired) electrons. The summed E-state index contributed by atoms with van der Waals surface area (Å²) in [5.41, 5.74) is 3.98. The molecular weight excluding hydrogens is 528 g/mol. The number of aromatic nitrogens is 4. The third-order valence-electron chi connectivity index (χ3n) is 6.83. The summed E-state index contributed by atoms with van der Waals surface area (Å²) in [5.74, 6) is 1.82. The van der Waals surface area contributed by atoms with Crippen molar-refractivity contribution in [2.24, 2.45) is 0 Å². The molecule has 0 fully saturated rings. The van der Waals surface area contributed by atoms with Crippen molar-refractivity contribution < 1.29 is 19.4 Å². The maximum atomic E-state index is 11.8. The molecule has 0 aliphatic carbocycles. The molecule has 2 aromatic heterocycles. The number of benzene rings is 4. The third-order valence-corrected chi connectivity index (χ3v) is 6.83. The van der Waals surface area contributed by atoms with Crippen LogP contribution in [0.2, 0.25) is 0 Å². The van der Waals surface area contributed by atoms with Crippen molar-refractivity contribution in [1.29, 1.82) is 0 Å². The number of imidazole rings is 1. The van der Waals surface area contributed by atoms with Gasteiger partial charge in [-0.1, -0.05) is 92.7 Å². The molecule has 0 atom stereocenters. The zero-order valence-corrected chi connectivity index (χ0v) is 23.1. The van der Waals surface area contributed by atoms with Gasteiger partial charge in [-0.25, -0.2) is 9.78 Å². The Balaban J connectivity index is 1.45. The second-order valence-electron chi connectivity index (χ2n) is 10.1. The van der Waals surface area contributed by atoms with Gasteiger partial charge in [-0.3, -0.25) is 0 Å². The monoisotopic (exact) mass is 556 g/mol. The number of ether oxygens (including phenoxy) is 2. The molecule has 1 N–H and O–H groups in total. The van der Waals surface area contributed by atoms with E-state index in [1.54, 1.807) is 12.1 Å². The Morgan fingerprint density at radius 3 is 1.95 bits per heavy atom. The molecular formula is C34H28N4O4. The van der Waals surface area contributed by atoms with E-state index in [1.165, 1.54) is 0 Å². The number of fused-ring (bicyclic) bond motifs is 1. The Morgan fingerprint density at radius 1 is 0.762 bits per heavy atom. The van der Waals surface area contributed by atoms with Crippen molar-refractivity contribution in [3.8, 4) is 34.4 Å². The fourth-order valence-electron chi connectivity index (χ4n) is 4.85. The van der Waals surface area contributed by atoms with E-state index in [0.29, 0.717) is 40.5 Å². The van der Waals surface area contributed by atoms with Crippen LogP contribution in [0.25, 0.3) is 22.2 Å². The Hall–Kier alpha value is -5.50. The first kappa shape index (κ1) is 26.7. The lowest BCUT2D eigenvalue weighted by Gasteiger charge is -2.14. The lowest BCUT2D eigenvalue weighted by atomic mass is 9.98. The molecule has 0 spiro atoms. The highest BCUT2D eigenvalue weighted by molar-refractivity contribution is 5.96. The van der Waals surface area contributed by atoms with Gasteiger partial charge in [0.25, 0.3) is 11.8 Å². The Kier molecular flexibility index (Phi) is 7.34. The second kappa shape index (κ2) is 11.5. The van der Waals surface area contributed by atoms with E-state index in [4.69, 9.17) is 14.5 Å². The molecule has 6 rings (SSSR count). The number of aromatic carboxylic acids is 1. The molecule has 208 valence electrons. The van der Waals surface area contributed by atoms with Gasteiger partial charge in [-0.15, -0.1) is 10.2 Å². The molecule has 42 heavy (non-hydrogen) atoms. The molecule has 6 aromatic rings. The highest BCUT2D eigenvalue weighted by atomic mass is 16.5. The summed E-state index contributed by atoms with van der Waals surface area (Å²) in [6, 6.07) is 33.7. The number of hydrogen-bond acceptors (Lipinski definition) is 6. The summed E-state index contributed by atoms with van der Waals surface area (Å²) >= 11 is 0. The number of nitrogens with zero attached hydrogens (tertiary/aromatic N) is 4. The third kappa shape index (κ3) is 5.42. The van der Waals surface area contributed by atoms with E-state index in [2.05, 4.69) is 28.6 Å². The number of carboxylic acid groups (broad SMARTS) is 1.